The van der Waals surface area contributed by atoms with Crippen LogP contribution in [-0.2, 0) is 14.3 Å². The van der Waals surface area contributed by atoms with Gasteiger partial charge in [-0.25, -0.2) is 4.79 Å². The summed E-state index contributed by atoms with van der Waals surface area (Å²) in [5.41, 5.74) is -0.629. The number of carbonyl (C=O) groups excluding carboxylic acids is 3. The standard InChI is InChI=1S/C28H31N5O6/c1-27(2,3)39-26(36)31-28(4,17-34)32-16-14-21(18-10-12-20(13-11-18)33(37)38)24(32)25(35)30-22-9-5-7-19-8-6-15-29-23(19)22/h5-13,15,17,21,24H,14,16H2,1-4H3,(H,30,35)(H,31,36)/t21-,24-,28-/m0/s1. The van der Waals surface area contributed by atoms with E-state index in [-0.39, 0.29) is 5.69 Å². The van der Waals surface area contributed by atoms with Gasteiger partial charge in [0.1, 0.15) is 5.60 Å². The predicted molar refractivity (Wildman–Crippen MR) is 145 cm³/mol. The third kappa shape index (κ3) is 6.04. The van der Waals surface area contributed by atoms with Gasteiger partial charge in [-0.3, -0.25) is 34.9 Å². The van der Waals surface area contributed by atoms with Crippen LogP contribution in [0.25, 0.3) is 10.9 Å². The number of alkyl carbamates (subject to hydrolysis) is 1. The van der Waals surface area contributed by atoms with Crippen molar-refractivity contribution in [2.75, 3.05) is 11.9 Å². The molecule has 11 nitrogen and oxygen atoms in total. The quantitative estimate of drug-likeness (QED) is 0.259. The lowest BCUT2D eigenvalue weighted by molar-refractivity contribution is -0.384. The molecule has 3 aromatic rings. The van der Waals surface area contributed by atoms with E-state index >= 15 is 0 Å². The van der Waals surface area contributed by atoms with Crippen molar-refractivity contribution < 1.29 is 24.0 Å². The molecule has 0 unspecified atom stereocenters. The summed E-state index contributed by atoms with van der Waals surface area (Å²) in [4.78, 5) is 55.8. The van der Waals surface area contributed by atoms with Crippen LogP contribution in [0, 0.1) is 10.1 Å². The third-order valence-corrected chi connectivity index (χ3v) is 6.67. The summed E-state index contributed by atoms with van der Waals surface area (Å²) in [5, 5.41) is 17.6. The fourth-order valence-corrected chi connectivity index (χ4v) is 4.92. The highest BCUT2D eigenvalue weighted by atomic mass is 16.6. The van der Waals surface area contributed by atoms with Gasteiger partial charge in [0.25, 0.3) is 5.69 Å². The van der Waals surface area contributed by atoms with Gasteiger partial charge in [0.15, 0.2) is 11.9 Å². The van der Waals surface area contributed by atoms with Crippen molar-refractivity contribution in [2.45, 2.75) is 57.3 Å². The first-order valence-corrected chi connectivity index (χ1v) is 12.5. The average molecular weight is 534 g/mol. The van der Waals surface area contributed by atoms with Crippen LogP contribution < -0.4 is 10.6 Å². The van der Waals surface area contributed by atoms with E-state index < -0.39 is 40.1 Å². The van der Waals surface area contributed by atoms with E-state index in [0.717, 1.165) is 5.39 Å². The van der Waals surface area contributed by atoms with Crippen molar-refractivity contribution >= 4 is 40.6 Å². The molecule has 0 spiro atoms. The van der Waals surface area contributed by atoms with Crippen LogP contribution in [0.3, 0.4) is 0 Å². The molecule has 0 saturated carbocycles. The van der Waals surface area contributed by atoms with Crippen LogP contribution in [0.5, 0.6) is 0 Å². The van der Waals surface area contributed by atoms with Crippen LogP contribution >= 0.6 is 0 Å². The molecule has 3 atom stereocenters. The lowest BCUT2D eigenvalue weighted by atomic mass is 9.90. The number of nitro groups is 1. The number of non-ortho nitro benzene ring substituents is 1. The molecule has 204 valence electrons. The Morgan fingerprint density at radius 1 is 1.10 bits per heavy atom. The van der Waals surface area contributed by atoms with Crippen molar-refractivity contribution in [3.63, 3.8) is 0 Å². The molecule has 0 bridgehead atoms. The summed E-state index contributed by atoms with van der Waals surface area (Å²) in [7, 11) is 0. The largest absolute Gasteiger partial charge is 0.444 e. The maximum absolute atomic E-state index is 14.0. The zero-order valence-electron chi connectivity index (χ0n) is 22.2. The fraction of sp³-hybridized carbons (Fsp3) is 0.357. The molecule has 1 saturated heterocycles. The second kappa shape index (κ2) is 10.8. The summed E-state index contributed by atoms with van der Waals surface area (Å²) in [6.45, 7) is 6.93. The van der Waals surface area contributed by atoms with Gasteiger partial charge in [-0.1, -0.05) is 30.3 Å². The number of aldehydes is 1. The number of ether oxygens (including phenoxy) is 1. The molecule has 2 N–H and O–H groups in total. The van der Waals surface area contributed by atoms with Crippen LogP contribution in [0.15, 0.2) is 60.8 Å². The first-order valence-electron chi connectivity index (χ1n) is 12.5. The molecule has 0 radical (unpaired) electrons. The molecule has 1 aliphatic heterocycles. The minimum absolute atomic E-state index is 0.0687. The minimum Gasteiger partial charge on any atom is -0.444 e. The average Bonchev–Trinajstić information content (AvgIpc) is 3.34. The number of amides is 2. The number of anilines is 1. The number of fused-ring (bicyclic) bond motifs is 1. The van der Waals surface area contributed by atoms with Gasteiger partial charge in [-0.05, 0) is 51.8 Å². The van der Waals surface area contributed by atoms with Crippen molar-refractivity contribution in [2.24, 2.45) is 0 Å². The molecule has 11 heteroatoms. The van der Waals surface area contributed by atoms with Gasteiger partial charge in [0.05, 0.1) is 22.2 Å². The van der Waals surface area contributed by atoms with Crippen LogP contribution in [0.2, 0.25) is 0 Å². The molecular formula is C28H31N5O6. The van der Waals surface area contributed by atoms with E-state index in [9.17, 15) is 24.5 Å². The molecular weight excluding hydrogens is 502 g/mol. The van der Waals surface area contributed by atoms with Crippen molar-refractivity contribution in [3.8, 4) is 0 Å². The van der Waals surface area contributed by atoms with Gasteiger partial charge in [0.2, 0.25) is 5.91 Å². The monoisotopic (exact) mass is 533 g/mol. The number of hydrogen-bond donors (Lipinski definition) is 2. The summed E-state index contributed by atoms with van der Waals surface area (Å²) in [6.07, 6.45) is 1.87. The van der Waals surface area contributed by atoms with Gasteiger partial charge in [0, 0.05) is 36.2 Å². The Kier molecular flexibility index (Phi) is 7.64. The molecule has 1 aliphatic rings. The molecule has 2 heterocycles. The van der Waals surface area contributed by atoms with Crippen molar-refractivity contribution in [1.29, 1.82) is 0 Å². The second-order valence-electron chi connectivity index (χ2n) is 10.6. The van der Waals surface area contributed by atoms with Gasteiger partial charge < -0.3 is 10.1 Å². The van der Waals surface area contributed by atoms with E-state index in [1.165, 1.54) is 19.1 Å². The number of benzene rings is 2. The highest BCUT2D eigenvalue weighted by Gasteiger charge is 2.49. The molecule has 4 rings (SSSR count). The first kappa shape index (κ1) is 27.6. The zero-order chi connectivity index (χ0) is 28.4. The van der Waals surface area contributed by atoms with E-state index in [0.29, 0.717) is 36.0 Å². The number of nitro benzene ring substituents is 1. The fourth-order valence-electron chi connectivity index (χ4n) is 4.92. The van der Waals surface area contributed by atoms with Gasteiger partial charge in [-0.15, -0.1) is 0 Å². The van der Waals surface area contributed by atoms with Crippen LogP contribution in [0.4, 0.5) is 16.2 Å². The Labute approximate surface area is 225 Å². The molecule has 2 aromatic carbocycles. The number of likely N-dealkylation sites (tertiary alicyclic amines) is 1. The Hall–Kier alpha value is -4.38. The number of nitrogens with one attached hydrogen (secondary N) is 2. The smallest absolute Gasteiger partial charge is 0.409 e. The summed E-state index contributed by atoms with van der Waals surface area (Å²) in [5.74, 6) is -0.832. The molecule has 39 heavy (non-hydrogen) atoms. The predicted octanol–water partition coefficient (Wildman–Crippen LogP) is 4.38. The van der Waals surface area contributed by atoms with Crippen LogP contribution in [-0.4, -0.2) is 56.9 Å². The Bertz CT molecular complexity index is 1400. The van der Waals surface area contributed by atoms with E-state index in [1.807, 2.05) is 12.1 Å². The molecule has 2 amide bonds. The zero-order valence-corrected chi connectivity index (χ0v) is 22.2. The summed E-state index contributed by atoms with van der Waals surface area (Å²) in [6, 6.07) is 14.2. The highest BCUT2D eigenvalue weighted by Crippen LogP contribution is 2.38. The summed E-state index contributed by atoms with van der Waals surface area (Å²) < 4.78 is 5.37. The topological polar surface area (TPSA) is 144 Å². The second-order valence-corrected chi connectivity index (χ2v) is 10.6. The number of aromatic nitrogens is 1. The molecule has 1 fully saturated rings. The Morgan fingerprint density at radius 2 is 1.79 bits per heavy atom. The molecule has 1 aromatic heterocycles. The number of rotatable bonds is 7. The number of carbonyl (C=O) groups is 3. The van der Waals surface area contributed by atoms with E-state index in [2.05, 4.69) is 15.6 Å². The minimum atomic E-state index is -1.57. The lowest BCUT2D eigenvalue weighted by Crippen LogP contribution is -2.64. The number of pyridine rings is 1. The van der Waals surface area contributed by atoms with Gasteiger partial charge in [-0.2, -0.15) is 0 Å². The number of para-hydroxylation sites is 1. The lowest BCUT2D eigenvalue weighted by Gasteiger charge is -2.39. The van der Waals surface area contributed by atoms with Gasteiger partial charge >= 0.3 is 6.09 Å². The maximum atomic E-state index is 14.0. The maximum Gasteiger partial charge on any atom is 0.409 e. The Balaban J connectivity index is 1.71. The summed E-state index contributed by atoms with van der Waals surface area (Å²) >= 11 is 0. The van der Waals surface area contributed by atoms with Crippen LogP contribution in [0.1, 0.15) is 45.6 Å². The van der Waals surface area contributed by atoms with Crippen molar-refractivity contribution in [3.05, 3.63) is 76.5 Å². The molecule has 0 aliphatic carbocycles. The third-order valence-electron chi connectivity index (χ3n) is 6.67. The normalized spacial score (nSPS) is 19.2. The SMILES string of the molecule is CC(C)(C)OC(=O)N[C@](C)(C=O)N1CC[C@@H](c2ccc([N+](=O)[O-])cc2)[C@H]1C(=O)Nc1cccc2cccnc12. The van der Waals surface area contributed by atoms with Crippen molar-refractivity contribution in [1.82, 2.24) is 15.2 Å². The number of nitrogens with zero attached hydrogens (tertiary/aromatic N) is 3. The van der Waals surface area contributed by atoms with E-state index in [1.54, 1.807) is 62.2 Å². The Morgan fingerprint density at radius 3 is 2.44 bits per heavy atom. The van der Waals surface area contributed by atoms with E-state index in [4.69, 9.17) is 4.74 Å². The number of hydrogen-bond acceptors (Lipinski definition) is 8. The highest BCUT2D eigenvalue weighted by molar-refractivity contribution is 6.03. The first-order chi connectivity index (χ1) is 18.4.